The molecule has 0 aliphatic rings. The second-order valence-corrected chi connectivity index (χ2v) is 5.22. The molecule has 16 heavy (non-hydrogen) atoms. The van der Waals surface area contributed by atoms with Crippen molar-refractivity contribution in [1.82, 2.24) is 0 Å². The van der Waals surface area contributed by atoms with E-state index < -0.39 is 0 Å². The fourth-order valence-electron chi connectivity index (χ4n) is 2.10. The number of hydrogen-bond acceptors (Lipinski definition) is 0. The molecule has 0 N–H and O–H groups in total. The minimum Gasteiger partial charge on any atom is -0.0864 e. The van der Waals surface area contributed by atoms with Crippen LogP contribution in [0.25, 0.3) is 10.8 Å². The largest absolute Gasteiger partial charge is 0.0864 e. The molecule has 0 saturated heterocycles. The van der Waals surface area contributed by atoms with Crippen LogP contribution in [0.15, 0.2) is 42.5 Å². The molecule has 84 valence electrons. The van der Waals surface area contributed by atoms with Gasteiger partial charge in [0, 0.05) is 0 Å². The highest BCUT2D eigenvalue weighted by atomic mass is 127. The quantitative estimate of drug-likeness (QED) is 0.413. The Balaban J connectivity index is 2.11. The fraction of sp³-hybridized carbons (Fsp3) is 0.333. The zero-order chi connectivity index (χ0) is 11.2. The van der Waals surface area contributed by atoms with E-state index in [4.69, 9.17) is 0 Å². The molecule has 1 heteroatoms. The predicted molar refractivity (Wildman–Crippen MR) is 80.4 cm³/mol. The van der Waals surface area contributed by atoms with Gasteiger partial charge in [-0.2, -0.15) is 0 Å². The zero-order valence-corrected chi connectivity index (χ0v) is 11.6. The van der Waals surface area contributed by atoms with Crippen LogP contribution in [-0.4, -0.2) is 4.43 Å². The first-order chi connectivity index (χ1) is 7.92. The van der Waals surface area contributed by atoms with Crippen LogP contribution >= 0.6 is 22.6 Å². The van der Waals surface area contributed by atoms with Crippen molar-refractivity contribution in [2.24, 2.45) is 0 Å². The monoisotopic (exact) mass is 324 g/mol. The van der Waals surface area contributed by atoms with Gasteiger partial charge >= 0.3 is 0 Å². The first kappa shape index (κ1) is 11.9. The Kier molecular flexibility index (Phi) is 4.64. The van der Waals surface area contributed by atoms with E-state index in [-0.39, 0.29) is 0 Å². The maximum absolute atomic E-state index is 2.46. The summed E-state index contributed by atoms with van der Waals surface area (Å²) in [5, 5.41) is 2.80. The van der Waals surface area contributed by atoms with Crippen LogP contribution in [0.4, 0.5) is 0 Å². The molecule has 0 heterocycles. The number of hydrogen-bond donors (Lipinski definition) is 0. The Hall–Kier alpha value is -0.570. The molecule has 2 aromatic rings. The van der Waals surface area contributed by atoms with E-state index in [1.807, 2.05) is 0 Å². The van der Waals surface area contributed by atoms with Crippen molar-refractivity contribution in [3.63, 3.8) is 0 Å². The average Bonchev–Trinajstić information content (AvgIpc) is 2.35. The van der Waals surface area contributed by atoms with E-state index in [1.165, 1.54) is 46.4 Å². The summed E-state index contributed by atoms with van der Waals surface area (Å²) < 4.78 is 1.29. The molecule has 0 aliphatic carbocycles. The molecule has 0 saturated carbocycles. The van der Waals surface area contributed by atoms with E-state index >= 15 is 0 Å². The first-order valence-corrected chi connectivity index (χ1v) is 7.47. The summed E-state index contributed by atoms with van der Waals surface area (Å²) in [6.07, 6.45) is 5.24. The lowest BCUT2D eigenvalue weighted by molar-refractivity contribution is 0.729. The number of halogens is 1. The molecule has 0 amide bonds. The van der Waals surface area contributed by atoms with Gasteiger partial charge in [-0.25, -0.2) is 0 Å². The van der Waals surface area contributed by atoms with Gasteiger partial charge in [-0.1, -0.05) is 71.5 Å². The van der Waals surface area contributed by atoms with Crippen LogP contribution in [0.2, 0.25) is 0 Å². The number of fused-ring (bicyclic) bond motifs is 1. The lowest BCUT2D eigenvalue weighted by Crippen LogP contribution is -1.88. The van der Waals surface area contributed by atoms with Crippen LogP contribution in [0.5, 0.6) is 0 Å². The third kappa shape index (κ3) is 2.97. The second-order valence-electron chi connectivity index (χ2n) is 4.14. The Morgan fingerprint density at radius 3 is 2.50 bits per heavy atom. The van der Waals surface area contributed by atoms with Crippen LogP contribution in [-0.2, 0) is 6.42 Å². The highest BCUT2D eigenvalue weighted by molar-refractivity contribution is 14.1. The molecular formula is C15H17I. The minimum absolute atomic E-state index is 1.22. The minimum atomic E-state index is 1.22. The number of benzene rings is 2. The van der Waals surface area contributed by atoms with Crippen LogP contribution < -0.4 is 0 Å². The maximum Gasteiger partial charge on any atom is -0.000473 e. The van der Waals surface area contributed by atoms with E-state index in [1.54, 1.807) is 0 Å². The number of rotatable bonds is 5. The molecule has 2 rings (SSSR count). The second kappa shape index (κ2) is 6.24. The van der Waals surface area contributed by atoms with E-state index in [9.17, 15) is 0 Å². The van der Waals surface area contributed by atoms with Crippen molar-refractivity contribution in [3.8, 4) is 0 Å². The molecule has 0 unspecified atom stereocenters. The van der Waals surface area contributed by atoms with Gasteiger partial charge in [-0.15, -0.1) is 0 Å². The summed E-state index contributed by atoms with van der Waals surface area (Å²) in [4.78, 5) is 0. The Morgan fingerprint density at radius 1 is 0.812 bits per heavy atom. The van der Waals surface area contributed by atoms with Crippen molar-refractivity contribution in [2.75, 3.05) is 4.43 Å². The van der Waals surface area contributed by atoms with Crippen molar-refractivity contribution in [1.29, 1.82) is 0 Å². The van der Waals surface area contributed by atoms with Gasteiger partial charge in [0.25, 0.3) is 0 Å². The van der Waals surface area contributed by atoms with Gasteiger partial charge < -0.3 is 0 Å². The van der Waals surface area contributed by atoms with Crippen LogP contribution in [0.1, 0.15) is 24.8 Å². The summed E-state index contributed by atoms with van der Waals surface area (Å²) in [7, 11) is 0. The SMILES string of the molecule is ICCCCCc1cccc2ccccc12. The molecule has 0 atom stereocenters. The molecule has 0 aliphatic heterocycles. The molecule has 0 radical (unpaired) electrons. The molecule has 0 spiro atoms. The Morgan fingerprint density at radius 2 is 1.62 bits per heavy atom. The molecule has 0 bridgehead atoms. The van der Waals surface area contributed by atoms with Gasteiger partial charge in [0.05, 0.1) is 0 Å². The maximum atomic E-state index is 2.46. The standard InChI is InChI=1S/C15H17I/c16-12-5-1-2-7-13-9-6-10-14-8-3-4-11-15(13)14/h3-4,6,8-11H,1-2,5,7,12H2. The summed E-state index contributed by atoms with van der Waals surface area (Å²) in [5.41, 5.74) is 1.51. The normalized spacial score (nSPS) is 10.8. The van der Waals surface area contributed by atoms with E-state index in [0.717, 1.165) is 0 Å². The molecular weight excluding hydrogens is 307 g/mol. The topological polar surface area (TPSA) is 0 Å². The smallest absolute Gasteiger partial charge is 0.000473 e. The molecule has 2 aromatic carbocycles. The van der Waals surface area contributed by atoms with E-state index in [0.29, 0.717) is 0 Å². The molecule has 0 fully saturated rings. The lowest BCUT2D eigenvalue weighted by Gasteiger charge is -2.05. The molecule has 0 aromatic heterocycles. The summed E-state index contributed by atoms with van der Waals surface area (Å²) in [5.74, 6) is 0. The predicted octanol–water partition coefficient (Wildman–Crippen LogP) is 4.99. The van der Waals surface area contributed by atoms with E-state index in [2.05, 4.69) is 65.1 Å². The van der Waals surface area contributed by atoms with Crippen LogP contribution in [0, 0.1) is 0 Å². The third-order valence-corrected chi connectivity index (χ3v) is 3.72. The average molecular weight is 324 g/mol. The summed E-state index contributed by atoms with van der Waals surface area (Å²) in [6, 6.07) is 15.3. The highest BCUT2D eigenvalue weighted by Gasteiger charge is 1.99. The molecule has 0 nitrogen and oxygen atoms in total. The lowest BCUT2D eigenvalue weighted by atomic mass is 10.00. The van der Waals surface area contributed by atoms with Gasteiger partial charge in [0.2, 0.25) is 0 Å². The Labute approximate surface area is 111 Å². The summed E-state index contributed by atoms with van der Waals surface area (Å²) in [6.45, 7) is 0. The van der Waals surface area contributed by atoms with Crippen LogP contribution in [0.3, 0.4) is 0 Å². The first-order valence-electron chi connectivity index (χ1n) is 5.94. The summed E-state index contributed by atoms with van der Waals surface area (Å²) >= 11 is 2.46. The number of alkyl halides is 1. The zero-order valence-electron chi connectivity index (χ0n) is 9.45. The fourth-order valence-corrected chi connectivity index (χ4v) is 2.64. The number of unbranched alkanes of at least 4 members (excludes halogenated alkanes) is 2. The van der Waals surface area contributed by atoms with Gasteiger partial charge in [-0.05, 0) is 40.0 Å². The Bertz CT molecular complexity index is 443. The van der Waals surface area contributed by atoms with Crippen molar-refractivity contribution in [2.45, 2.75) is 25.7 Å². The van der Waals surface area contributed by atoms with Crippen molar-refractivity contribution in [3.05, 3.63) is 48.0 Å². The van der Waals surface area contributed by atoms with Crippen molar-refractivity contribution >= 4 is 33.4 Å². The van der Waals surface area contributed by atoms with Crippen molar-refractivity contribution < 1.29 is 0 Å². The van der Waals surface area contributed by atoms with Gasteiger partial charge in [-0.3, -0.25) is 0 Å². The highest BCUT2D eigenvalue weighted by Crippen LogP contribution is 2.20. The van der Waals surface area contributed by atoms with Gasteiger partial charge in [0.15, 0.2) is 0 Å². The van der Waals surface area contributed by atoms with Gasteiger partial charge in [0.1, 0.15) is 0 Å². The number of aryl methyl sites for hydroxylation is 1. The third-order valence-electron chi connectivity index (χ3n) is 2.96.